The second-order valence-corrected chi connectivity index (χ2v) is 17.2. The van der Waals surface area contributed by atoms with Crippen LogP contribution in [-0.2, 0) is 26.5 Å². The zero-order valence-corrected chi connectivity index (χ0v) is 28.2. The van der Waals surface area contributed by atoms with Gasteiger partial charge in [-0.05, 0) is 74.0 Å². The Labute approximate surface area is 273 Å². The number of aromatic nitrogens is 1. The fourth-order valence-electron chi connectivity index (χ4n) is 7.84. The van der Waals surface area contributed by atoms with Crippen molar-refractivity contribution < 1.29 is 28.3 Å². The van der Waals surface area contributed by atoms with E-state index in [1.54, 1.807) is 65.5 Å². The van der Waals surface area contributed by atoms with E-state index in [-0.39, 0.29) is 48.7 Å². The standard InChI is InChI=1S/C34H39ClFN3O6Si/c1-21-31(46(3,4)36)29(18-30(41)37-14-6-10-25(37)20-40)45-34(21)26-17-23(35)12-13-27(26)39(33(34)43)19-22-8-5-9-24(16-22)38-15-7-11-28(44-2)32(38)42/h5,7-9,11-13,15-17,21,25,29,31,40H,6,10,14,18-20H2,1-4H3/t21-,25+,29+,31-,34+/m1/s1. The van der Waals surface area contributed by atoms with Gasteiger partial charge in [0.1, 0.15) is 0 Å². The topological polar surface area (TPSA) is 101 Å². The smallest absolute Gasteiger partial charge is 0.297 e. The van der Waals surface area contributed by atoms with Crippen molar-refractivity contribution in [2.24, 2.45) is 5.92 Å². The molecular formula is C34H39ClFN3O6Si. The number of pyridine rings is 1. The van der Waals surface area contributed by atoms with Crippen LogP contribution >= 0.6 is 11.6 Å². The van der Waals surface area contributed by atoms with Crippen LogP contribution in [0.4, 0.5) is 9.80 Å². The van der Waals surface area contributed by atoms with Crippen LogP contribution in [0.1, 0.15) is 37.3 Å². The van der Waals surface area contributed by atoms with Crippen molar-refractivity contribution >= 4 is 37.5 Å². The average Bonchev–Trinajstić information content (AvgIpc) is 3.68. The zero-order valence-electron chi connectivity index (χ0n) is 26.4. The summed E-state index contributed by atoms with van der Waals surface area (Å²) in [7, 11) is -2.04. The number of carbonyl (C=O) groups excluding carboxylic acids is 2. The molecule has 2 aromatic carbocycles. The summed E-state index contributed by atoms with van der Waals surface area (Å²) in [6.45, 7) is 5.61. The number of amides is 2. The lowest BCUT2D eigenvalue weighted by Gasteiger charge is -2.31. The second kappa shape index (κ2) is 12.3. The maximum Gasteiger partial charge on any atom is 0.297 e. The molecule has 3 aromatic rings. The van der Waals surface area contributed by atoms with Gasteiger partial charge in [0.25, 0.3) is 11.5 Å². The number of fused-ring (bicyclic) bond motifs is 2. The van der Waals surface area contributed by atoms with E-state index in [9.17, 15) is 19.5 Å². The Balaban J connectivity index is 1.37. The molecule has 1 N–H and O–H groups in total. The number of ether oxygens (including phenoxy) is 2. The van der Waals surface area contributed by atoms with E-state index in [1.165, 1.54) is 11.7 Å². The first-order chi connectivity index (χ1) is 21.9. The van der Waals surface area contributed by atoms with Crippen LogP contribution in [0.2, 0.25) is 23.7 Å². The van der Waals surface area contributed by atoms with Crippen LogP contribution in [0, 0.1) is 5.92 Å². The number of benzene rings is 2. The van der Waals surface area contributed by atoms with Crippen LogP contribution in [0.3, 0.4) is 0 Å². The number of nitrogens with zero attached hydrogens (tertiary/aromatic N) is 3. The van der Waals surface area contributed by atoms with Gasteiger partial charge < -0.3 is 28.5 Å². The van der Waals surface area contributed by atoms with Crippen LogP contribution in [0.25, 0.3) is 5.69 Å². The molecular weight excluding hydrogens is 629 g/mol. The molecule has 1 spiro atoms. The van der Waals surface area contributed by atoms with Gasteiger partial charge in [0.2, 0.25) is 14.3 Å². The zero-order chi connectivity index (χ0) is 33.0. The monoisotopic (exact) mass is 667 g/mol. The fourth-order valence-corrected chi connectivity index (χ4v) is 10.5. The molecule has 0 unspecified atom stereocenters. The molecule has 0 radical (unpaired) electrons. The third-order valence-corrected chi connectivity index (χ3v) is 12.6. The van der Waals surface area contributed by atoms with Crippen molar-refractivity contribution in [1.82, 2.24) is 9.47 Å². The Morgan fingerprint density at radius 2 is 1.96 bits per heavy atom. The number of anilines is 1. The Morgan fingerprint density at radius 3 is 2.67 bits per heavy atom. The minimum absolute atomic E-state index is 0.0753. The summed E-state index contributed by atoms with van der Waals surface area (Å²) in [5.74, 6) is -0.914. The predicted molar refractivity (Wildman–Crippen MR) is 176 cm³/mol. The summed E-state index contributed by atoms with van der Waals surface area (Å²) < 4.78 is 29.6. The lowest BCUT2D eigenvalue weighted by molar-refractivity contribution is -0.150. The number of likely N-dealkylation sites (tertiary alicyclic amines) is 1. The first kappa shape index (κ1) is 32.4. The predicted octanol–water partition coefficient (Wildman–Crippen LogP) is 5.19. The number of carbonyl (C=O) groups is 2. The number of rotatable bonds is 8. The summed E-state index contributed by atoms with van der Waals surface area (Å²) >= 11 is 6.50. The van der Waals surface area contributed by atoms with Crippen molar-refractivity contribution in [1.29, 1.82) is 0 Å². The SMILES string of the molecule is COc1cccn(-c2cccc(CN3C(=O)[C@@]4(O[C@@H](CC(=O)N5CCC[C@H]5CO)[C@H]([Si](C)(C)F)[C@H]4C)c4cc(Cl)ccc43)c2)c1=O. The highest BCUT2D eigenvalue weighted by molar-refractivity contribution is 6.72. The van der Waals surface area contributed by atoms with Gasteiger partial charge in [-0.25, -0.2) is 0 Å². The minimum Gasteiger partial charge on any atom is -0.491 e. The molecule has 2 saturated heterocycles. The first-order valence-corrected chi connectivity index (χ1v) is 19.0. The van der Waals surface area contributed by atoms with Crippen molar-refractivity contribution in [3.8, 4) is 11.4 Å². The summed E-state index contributed by atoms with van der Waals surface area (Å²) in [6, 6.07) is 15.6. The van der Waals surface area contributed by atoms with Crippen LogP contribution in [0.15, 0.2) is 65.6 Å². The Morgan fingerprint density at radius 1 is 1.17 bits per heavy atom. The molecule has 2 amide bonds. The second-order valence-electron chi connectivity index (χ2n) is 13.0. The third kappa shape index (κ3) is 5.36. The number of hydrogen-bond donors (Lipinski definition) is 1. The number of halogens is 2. The number of aliphatic hydroxyl groups is 1. The average molecular weight is 668 g/mol. The molecule has 0 aliphatic carbocycles. The van der Waals surface area contributed by atoms with Crippen LogP contribution < -0.4 is 15.2 Å². The highest BCUT2D eigenvalue weighted by Gasteiger charge is 2.67. The quantitative estimate of drug-likeness (QED) is 0.262. The van der Waals surface area contributed by atoms with Crippen molar-refractivity contribution in [3.63, 3.8) is 0 Å². The molecule has 3 aliphatic heterocycles. The molecule has 0 bridgehead atoms. The third-order valence-electron chi connectivity index (χ3n) is 9.87. The summed E-state index contributed by atoms with van der Waals surface area (Å²) in [4.78, 5) is 44.5. The maximum atomic E-state index is 16.2. The van der Waals surface area contributed by atoms with E-state index in [0.717, 1.165) is 12.0 Å². The molecule has 4 heterocycles. The molecule has 6 rings (SSSR count). The van der Waals surface area contributed by atoms with Gasteiger partial charge in [-0.15, -0.1) is 0 Å². The van der Waals surface area contributed by atoms with Crippen molar-refractivity contribution in [2.75, 3.05) is 25.2 Å². The molecule has 12 heteroatoms. The molecule has 2 fully saturated rings. The molecule has 46 heavy (non-hydrogen) atoms. The van der Waals surface area contributed by atoms with Crippen LogP contribution in [-0.4, -0.2) is 67.2 Å². The van der Waals surface area contributed by atoms with Gasteiger partial charge in [-0.2, -0.15) is 0 Å². The summed E-state index contributed by atoms with van der Waals surface area (Å²) in [6.07, 6.45) is 2.26. The molecule has 9 nitrogen and oxygen atoms in total. The summed E-state index contributed by atoms with van der Waals surface area (Å²) in [5, 5.41) is 10.2. The Hall–Kier alpha value is -3.51. The maximum absolute atomic E-state index is 16.2. The fraction of sp³-hybridized carbons (Fsp3) is 0.441. The van der Waals surface area contributed by atoms with E-state index >= 15 is 4.11 Å². The van der Waals surface area contributed by atoms with E-state index in [2.05, 4.69) is 0 Å². The van der Waals surface area contributed by atoms with Gasteiger partial charge in [-0.1, -0.05) is 30.7 Å². The highest BCUT2D eigenvalue weighted by Crippen LogP contribution is 2.60. The van der Waals surface area contributed by atoms with Gasteiger partial charge in [0, 0.05) is 40.5 Å². The molecule has 244 valence electrons. The van der Waals surface area contributed by atoms with Gasteiger partial charge >= 0.3 is 0 Å². The first-order valence-electron chi connectivity index (χ1n) is 15.6. The van der Waals surface area contributed by atoms with Crippen LogP contribution in [0.5, 0.6) is 5.75 Å². The highest BCUT2D eigenvalue weighted by atomic mass is 35.5. The largest absolute Gasteiger partial charge is 0.491 e. The minimum atomic E-state index is -3.49. The van der Waals surface area contributed by atoms with Crippen molar-refractivity contribution in [2.45, 2.75) is 69.1 Å². The van der Waals surface area contributed by atoms with Gasteiger partial charge in [-0.3, -0.25) is 19.0 Å². The summed E-state index contributed by atoms with van der Waals surface area (Å²) in [5.41, 5.74) is 0.0447. The molecule has 0 saturated carbocycles. The Bertz CT molecular complexity index is 1730. The van der Waals surface area contributed by atoms with E-state index in [0.29, 0.717) is 34.9 Å². The molecule has 5 atom stereocenters. The van der Waals surface area contributed by atoms with E-state index < -0.39 is 31.6 Å². The Kier molecular flexibility index (Phi) is 8.64. The number of aliphatic hydroxyl groups excluding tert-OH is 1. The number of methoxy groups -OCH3 is 1. The van der Waals surface area contributed by atoms with Gasteiger partial charge in [0.15, 0.2) is 11.4 Å². The van der Waals surface area contributed by atoms with E-state index in [4.69, 9.17) is 21.1 Å². The van der Waals surface area contributed by atoms with Crippen molar-refractivity contribution in [3.05, 3.63) is 87.3 Å². The van der Waals surface area contributed by atoms with E-state index in [1.807, 2.05) is 25.1 Å². The molecule has 3 aliphatic rings. The molecule has 1 aromatic heterocycles. The lowest BCUT2D eigenvalue weighted by atomic mass is 9.82. The lowest BCUT2D eigenvalue weighted by Crippen LogP contribution is -2.45. The normalized spacial score (nSPS) is 25.8. The van der Waals surface area contributed by atoms with Gasteiger partial charge in [0.05, 0.1) is 44.5 Å². The number of hydrogen-bond acceptors (Lipinski definition) is 6.